The molecule has 0 saturated heterocycles. The summed E-state index contributed by atoms with van der Waals surface area (Å²) in [6.07, 6.45) is 15.6. The molecule has 28 heteroatoms. The van der Waals surface area contributed by atoms with E-state index in [1.54, 1.807) is 51.5 Å². The van der Waals surface area contributed by atoms with Gasteiger partial charge < -0.3 is 36.6 Å². The van der Waals surface area contributed by atoms with Gasteiger partial charge in [-0.3, -0.25) is 0 Å². The van der Waals surface area contributed by atoms with Crippen molar-refractivity contribution in [2.24, 2.45) is 0 Å². The molecule has 0 fully saturated rings. The zero-order valence-electron chi connectivity index (χ0n) is 71.1. The van der Waals surface area contributed by atoms with Crippen LogP contribution in [0.3, 0.4) is 0 Å². The van der Waals surface area contributed by atoms with Crippen molar-refractivity contribution in [1.82, 2.24) is 69.8 Å². The summed E-state index contributed by atoms with van der Waals surface area (Å²) in [5.41, 5.74) is 14.4. The summed E-state index contributed by atoms with van der Waals surface area (Å²) in [4.78, 5) is 74.4. The Bertz CT molecular complexity index is 4780. The Morgan fingerprint density at radius 2 is 0.754 bits per heavy atom. The molecule has 0 atom stereocenters. The second-order valence-corrected chi connectivity index (χ2v) is 32.9. The Labute approximate surface area is 703 Å². The third-order valence-electron chi connectivity index (χ3n) is 16.4. The number of hydrogen-bond acceptors (Lipinski definition) is 28. The Morgan fingerprint density at radius 3 is 1.32 bits per heavy atom. The topological polar surface area (TPSA) is 262 Å². The number of rotatable bonds is 12. The minimum Gasteiger partial charge on any atom is -0.484 e. The van der Waals surface area contributed by atoms with Crippen molar-refractivity contribution in [2.45, 2.75) is 209 Å². The first-order chi connectivity index (χ1) is 55.7. The van der Waals surface area contributed by atoms with Gasteiger partial charge in [0.15, 0.2) is 5.75 Å². The van der Waals surface area contributed by atoms with E-state index in [2.05, 4.69) is 193 Å². The highest BCUT2D eigenvalue weighted by Crippen LogP contribution is 2.45. The van der Waals surface area contributed by atoms with Gasteiger partial charge in [-0.15, -0.1) is 79.8 Å². The fourth-order valence-corrected chi connectivity index (χ4v) is 18.8. The Hall–Kier alpha value is -9.03. The number of hydrogen-bond donors (Lipinski definition) is 6. The second-order valence-electron chi connectivity index (χ2n) is 24.0. The van der Waals surface area contributed by atoms with E-state index in [-0.39, 0.29) is 0 Å². The number of thioether (sulfide) groups is 1. The number of nitrogens with zero attached hydrogens (tertiary/aromatic N) is 14. The number of fused-ring (bicyclic) bond motifs is 18. The lowest BCUT2D eigenvalue weighted by atomic mass is 9.96. The normalized spacial score (nSPS) is 11.4. The number of anilines is 6. The third kappa shape index (κ3) is 23.6. The first-order valence-electron chi connectivity index (χ1n) is 40.3. The molecule has 2 aliphatic heterocycles. The van der Waals surface area contributed by atoms with Crippen molar-refractivity contribution in [3.8, 4) is 50.9 Å². The van der Waals surface area contributed by atoms with Crippen LogP contribution in [0.1, 0.15) is 185 Å². The van der Waals surface area contributed by atoms with E-state index in [4.69, 9.17) is 4.74 Å². The fourth-order valence-electron chi connectivity index (χ4n) is 12.0. The second kappa shape index (κ2) is 47.1. The van der Waals surface area contributed by atoms with E-state index in [1.165, 1.54) is 86.5 Å². The first-order valence-corrected chi connectivity index (χ1v) is 46.1. The molecule has 6 N–H and O–H groups in total. The molecule has 0 bridgehead atoms. The molecule has 12 aromatic heterocycles. The van der Waals surface area contributed by atoms with Crippen LogP contribution in [0.5, 0.6) is 5.75 Å². The van der Waals surface area contributed by atoms with Crippen LogP contribution in [0.4, 0.5) is 35.7 Å². The summed E-state index contributed by atoms with van der Waals surface area (Å²) < 4.78 is 8.12. The summed E-state index contributed by atoms with van der Waals surface area (Å²) in [5, 5.41) is 24.4. The van der Waals surface area contributed by atoms with Crippen LogP contribution in [0.2, 0.25) is 0 Å². The van der Waals surface area contributed by atoms with Crippen LogP contribution in [0.15, 0.2) is 90.6 Å². The van der Waals surface area contributed by atoms with Crippen LogP contribution < -0.4 is 36.6 Å². The Morgan fingerprint density at radius 1 is 0.333 bits per heavy atom. The van der Waals surface area contributed by atoms with Gasteiger partial charge in [0.1, 0.15) is 29.0 Å². The van der Waals surface area contributed by atoms with Gasteiger partial charge >= 0.3 is 0 Å². The van der Waals surface area contributed by atoms with Crippen molar-refractivity contribution in [2.75, 3.05) is 71.2 Å². The van der Waals surface area contributed by atoms with E-state index in [9.17, 15) is 0 Å². The molecular weight excluding hydrogens is 1550 g/mol. The number of benzene rings is 2. The maximum atomic E-state index is 5.65. The quantitative estimate of drug-likeness (QED) is 0.0664. The molecule has 114 heavy (non-hydrogen) atoms. The van der Waals surface area contributed by atoms with Crippen LogP contribution in [0, 0.1) is 41.5 Å². The molecule has 21 nitrogen and oxygen atoms in total. The highest BCUT2D eigenvalue weighted by atomic mass is 32.2. The molecule has 0 radical (unpaired) electrons. The zero-order chi connectivity index (χ0) is 83.0. The van der Waals surface area contributed by atoms with Crippen LogP contribution in [-0.2, 0) is 38.0 Å². The summed E-state index contributed by atoms with van der Waals surface area (Å²) in [6.45, 7) is 54.5. The van der Waals surface area contributed by atoms with Gasteiger partial charge in [-0.1, -0.05) is 83.1 Å². The summed E-state index contributed by atoms with van der Waals surface area (Å²) in [7, 11) is 0. The van der Waals surface area contributed by atoms with Gasteiger partial charge in [-0.2, -0.15) is 0 Å². The van der Waals surface area contributed by atoms with Crippen LogP contribution in [-0.4, -0.2) is 109 Å². The fraction of sp³-hybridized carbons (Fsp3) is 0.419. The van der Waals surface area contributed by atoms with Gasteiger partial charge in [0.05, 0.1) is 53.3 Å². The van der Waals surface area contributed by atoms with Crippen molar-refractivity contribution in [3.05, 3.63) is 146 Å². The van der Waals surface area contributed by atoms with Crippen LogP contribution in [0.25, 0.3) is 87.3 Å². The molecule has 14 heterocycles. The maximum absolute atomic E-state index is 5.65. The van der Waals surface area contributed by atoms with E-state index < -0.39 is 0 Å². The molecule has 0 saturated carbocycles. The minimum absolute atomic E-state index is 0.630. The lowest BCUT2D eigenvalue weighted by Crippen LogP contribution is -2.09. The van der Waals surface area contributed by atoms with Gasteiger partial charge in [0.2, 0.25) is 35.7 Å². The average molecular weight is 1670 g/mol. The van der Waals surface area contributed by atoms with E-state index in [0.717, 1.165) is 154 Å². The van der Waals surface area contributed by atoms with Gasteiger partial charge in [-0.25, -0.2) is 69.8 Å². The zero-order valence-corrected chi connectivity index (χ0v) is 76.8. The highest BCUT2D eigenvalue weighted by Gasteiger charge is 2.26. The molecule has 18 rings (SSSR count). The number of ether oxygens (including phenoxy) is 1. The molecule has 2 aliphatic carbocycles. The molecule has 2 aromatic carbocycles. The largest absolute Gasteiger partial charge is 0.484 e. The predicted molar refractivity (Wildman–Crippen MR) is 497 cm³/mol. The molecule has 608 valence electrons. The lowest BCUT2D eigenvalue weighted by molar-refractivity contribution is 0.303. The van der Waals surface area contributed by atoms with Crippen molar-refractivity contribution < 1.29 is 4.74 Å². The molecule has 0 amide bonds. The maximum Gasteiger partial charge on any atom is 0.223 e. The van der Waals surface area contributed by atoms with Crippen molar-refractivity contribution in [3.63, 3.8) is 0 Å². The monoisotopic (exact) mass is 1670 g/mol. The number of thiazole rings is 2. The van der Waals surface area contributed by atoms with Gasteiger partial charge in [0, 0.05) is 148 Å². The smallest absolute Gasteiger partial charge is 0.223 e. The van der Waals surface area contributed by atoms with E-state index >= 15 is 0 Å². The van der Waals surface area contributed by atoms with E-state index in [1.807, 2.05) is 189 Å². The first kappa shape index (κ1) is 92.1. The third-order valence-corrected chi connectivity index (χ3v) is 23.8. The van der Waals surface area contributed by atoms with E-state index in [0.29, 0.717) is 30.4 Å². The van der Waals surface area contributed by atoms with Crippen molar-refractivity contribution >= 4 is 158 Å². The average Bonchev–Trinajstić information content (AvgIpc) is 1.63. The summed E-state index contributed by atoms with van der Waals surface area (Å²) >= 11 is 12.6. The number of aryl methyl sites for hydroxylation is 10. The lowest BCUT2D eigenvalue weighted by Gasteiger charge is -2.16. The Kier molecular flexibility index (Phi) is 38.1. The van der Waals surface area contributed by atoms with Gasteiger partial charge in [-0.05, 0) is 168 Å². The number of nitrogens with one attached hydrogen (secondary N) is 6. The molecule has 0 spiro atoms. The minimum atomic E-state index is 0.630. The molecule has 4 aliphatic rings. The van der Waals surface area contributed by atoms with Crippen LogP contribution >= 0.6 is 79.8 Å². The number of aromatic nitrogens is 14. The van der Waals surface area contributed by atoms with Gasteiger partial charge in [0.25, 0.3) is 0 Å². The summed E-state index contributed by atoms with van der Waals surface area (Å²) in [6, 6.07) is 17.2. The molecule has 0 unspecified atom stereocenters. The number of thiophene rings is 4. The molecular formula is C86H116N20OS7. The van der Waals surface area contributed by atoms with Crippen molar-refractivity contribution in [1.29, 1.82) is 0 Å². The standard InChI is InChI=1S/C13H15N3S.C13H13N3S.C12H14N4S.C12H12N4S.C12H13N3OS.C12H13N3S2.6C2H6/c2*1-3-14-13-15-7-9-4-5-11-10(12(9)16-13)6-8(2)17-11;2*1-3-13-12-14-6-8-4-5-9-11(10(8)16-12)15-7(2)17-9;2*1-3-13-12-14-5-9-11(15-12)8-4-7(2)17-10(8)6-16-9;6*1-2/h6-7H,3-5H2,1-2H3,(H,14,15,16);4-7H,3H2,1-2H3,(H,14,15,16);6H,3-5H2,1-2H3,(H,13,14,16);4-6H,3H2,1-2H3,(H,13,14,16);2*4-5H,3,6H2,1-2H3,(H,13,14,15);6*1-2H3. The Balaban J connectivity index is 0.000000184. The summed E-state index contributed by atoms with van der Waals surface area (Å²) in [5.74, 6) is 6.01. The predicted octanol–water partition coefficient (Wildman–Crippen LogP) is 24.6. The highest BCUT2D eigenvalue weighted by molar-refractivity contribution is 7.98. The SMILES string of the molecule is CC.CC.CC.CC.CC.CC.CCNc1ncc2c(n1)-c1cc(C)sc1CC2.CCNc1ncc2c(n1)-c1cc(C)sc1CO2.CCNc1ncc2c(n1)-c1cc(C)sc1CS2.CCNc1ncc2c(n1)-c1nc(C)sc1CC2.CCNc1ncc2ccc3sc(C)cc3c2n1.CCNc1ncc2ccc3sc(C)nc3c2n1. The molecule has 14 aromatic rings.